The van der Waals surface area contributed by atoms with Crippen LogP contribution in [0.3, 0.4) is 0 Å². The van der Waals surface area contributed by atoms with E-state index in [0.717, 1.165) is 0 Å². The molecule has 0 aliphatic carbocycles. The number of hydrogen-bond donors (Lipinski definition) is 3. The van der Waals surface area contributed by atoms with E-state index >= 15 is 0 Å². The third-order valence-corrected chi connectivity index (χ3v) is 2.39. The Bertz CT molecular complexity index is 558. The Morgan fingerprint density at radius 1 is 0.882 bits per heavy atom. The SMILES string of the molecule is O=C(c1ccc(O)cc1)c1cccc(O)c1O. The molecule has 4 nitrogen and oxygen atoms in total. The van der Waals surface area contributed by atoms with E-state index < -0.39 is 11.5 Å². The van der Waals surface area contributed by atoms with E-state index in [1.54, 1.807) is 0 Å². The smallest absolute Gasteiger partial charge is 0.196 e. The van der Waals surface area contributed by atoms with E-state index in [0.29, 0.717) is 5.56 Å². The maximum atomic E-state index is 12.0. The second kappa shape index (κ2) is 4.17. The van der Waals surface area contributed by atoms with Crippen LogP contribution in [0, 0.1) is 0 Å². The Labute approximate surface area is 97.4 Å². The molecule has 0 aliphatic rings. The fraction of sp³-hybridized carbons (Fsp3) is 0. The van der Waals surface area contributed by atoms with Crippen LogP contribution in [-0.2, 0) is 0 Å². The Morgan fingerprint density at radius 3 is 2.18 bits per heavy atom. The van der Waals surface area contributed by atoms with E-state index in [4.69, 9.17) is 5.11 Å². The lowest BCUT2D eigenvalue weighted by Crippen LogP contribution is -2.01. The van der Waals surface area contributed by atoms with Crippen LogP contribution >= 0.6 is 0 Å². The van der Waals surface area contributed by atoms with Crippen molar-refractivity contribution < 1.29 is 20.1 Å². The molecule has 17 heavy (non-hydrogen) atoms. The third-order valence-electron chi connectivity index (χ3n) is 2.39. The van der Waals surface area contributed by atoms with Crippen molar-refractivity contribution >= 4 is 5.78 Å². The van der Waals surface area contributed by atoms with Gasteiger partial charge < -0.3 is 15.3 Å². The zero-order valence-electron chi connectivity index (χ0n) is 8.79. The molecule has 3 N–H and O–H groups in total. The fourth-order valence-corrected chi connectivity index (χ4v) is 1.48. The molecule has 0 aliphatic heterocycles. The average Bonchev–Trinajstić information content (AvgIpc) is 2.33. The van der Waals surface area contributed by atoms with Gasteiger partial charge in [0.25, 0.3) is 0 Å². The minimum Gasteiger partial charge on any atom is -0.508 e. The molecule has 0 bridgehead atoms. The minimum atomic E-state index is -0.439. The van der Waals surface area contributed by atoms with Gasteiger partial charge in [-0.2, -0.15) is 0 Å². The van der Waals surface area contributed by atoms with Crippen molar-refractivity contribution in [2.45, 2.75) is 0 Å². The molecule has 4 heteroatoms. The summed E-state index contributed by atoms with van der Waals surface area (Å²) in [5.74, 6) is -1.14. The van der Waals surface area contributed by atoms with Crippen LogP contribution in [0.5, 0.6) is 17.2 Å². The molecule has 0 saturated carbocycles. The summed E-state index contributed by atoms with van der Waals surface area (Å²) in [4.78, 5) is 12.0. The summed E-state index contributed by atoms with van der Waals surface area (Å²) in [5.41, 5.74) is 0.347. The van der Waals surface area contributed by atoms with Crippen LogP contribution < -0.4 is 0 Å². The van der Waals surface area contributed by atoms with Crippen LogP contribution in [0.1, 0.15) is 15.9 Å². The second-order valence-corrected chi connectivity index (χ2v) is 3.55. The normalized spacial score (nSPS) is 10.1. The molecule has 2 rings (SSSR count). The van der Waals surface area contributed by atoms with Gasteiger partial charge in [-0.3, -0.25) is 4.79 Å². The summed E-state index contributed by atoms with van der Waals surface area (Å²) >= 11 is 0. The lowest BCUT2D eigenvalue weighted by atomic mass is 10.0. The van der Waals surface area contributed by atoms with E-state index in [1.807, 2.05) is 0 Å². The first-order valence-electron chi connectivity index (χ1n) is 4.94. The molecular formula is C13H10O4. The van der Waals surface area contributed by atoms with Gasteiger partial charge in [-0.25, -0.2) is 0 Å². The number of phenols is 3. The maximum Gasteiger partial charge on any atom is 0.196 e. The molecule has 0 radical (unpaired) electrons. The minimum absolute atomic E-state index is 0.0238. The number of phenolic OH excluding ortho intramolecular Hbond substituents is 3. The molecule has 0 aromatic heterocycles. The monoisotopic (exact) mass is 230 g/mol. The van der Waals surface area contributed by atoms with Gasteiger partial charge in [-0.1, -0.05) is 6.07 Å². The van der Waals surface area contributed by atoms with Gasteiger partial charge in [0, 0.05) is 5.56 Å². The lowest BCUT2D eigenvalue weighted by molar-refractivity contribution is 0.103. The summed E-state index contributed by atoms with van der Waals surface area (Å²) in [5, 5.41) is 28.0. The number of para-hydroxylation sites is 1. The van der Waals surface area contributed by atoms with Gasteiger partial charge in [0.2, 0.25) is 0 Å². The number of hydrogen-bond acceptors (Lipinski definition) is 4. The third kappa shape index (κ3) is 2.06. The van der Waals surface area contributed by atoms with Crippen molar-refractivity contribution in [3.05, 3.63) is 53.6 Å². The predicted molar refractivity (Wildman–Crippen MR) is 61.3 cm³/mol. The number of carbonyl (C=O) groups is 1. The largest absolute Gasteiger partial charge is 0.508 e. The van der Waals surface area contributed by atoms with Crippen LogP contribution in [0.15, 0.2) is 42.5 Å². The summed E-state index contributed by atoms with van der Waals surface area (Å²) in [7, 11) is 0. The van der Waals surface area contributed by atoms with Gasteiger partial charge in [0.05, 0.1) is 5.56 Å². The fourth-order valence-electron chi connectivity index (χ4n) is 1.48. The van der Waals surface area contributed by atoms with Crippen LogP contribution in [-0.4, -0.2) is 21.1 Å². The molecule has 0 atom stereocenters. The molecule has 2 aromatic carbocycles. The van der Waals surface area contributed by atoms with Crippen molar-refractivity contribution in [2.75, 3.05) is 0 Å². The summed E-state index contributed by atoms with van der Waals surface area (Å²) in [6.45, 7) is 0. The van der Waals surface area contributed by atoms with Crippen molar-refractivity contribution in [3.8, 4) is 17.2 Å². The number of benzene rings is 2. The number of carbonyl (C=O) groups excluding carboxylic acids is 1. The number of ketones is 1. The standard InChI is InChI=1S/C13H10O4/c14-9-6-4-8(5-7-9)12(16)10-2-1-3-11(15)13(10)17/h1-7,14-15,17H. The predicted octanol–water partition coefficient (Wildman–Crippen LogP) is 2.03. The highest BCUT2D eigenvalue weighted by atomic mass is 16.3. The highest BCUT2D eigenvalue weighted by Gasteiger charge is 2.15. The van der Waals surface area contributed by atoms with Crippen LogP contribution in [0.2, 0.25) is 0 Å². The van der Waals surface area contributed by atoms with Gasteiger partial charge in [0.1, 0.15) is 5.75 Å². The zero-order valence-corrected chi connectivity index (χ0v) is 8.79. The van der Waals surface area contributed by atoms with Crippen LogP contribution in [0.25, 0.3) is 0 Å². The molecule has 0 spiro atoms. The molecule has 0 amide bonds. The molecule has 0 unspecified atom stereocenters. The van der Waals surface area contributed by atoms with Gasteiger partial charge >= 0.3 is 0 Å². The van der Waals surface area contributed by atoms with Gasteiger partial charge in [-0.05, 0) is 36.4 Å². The van der Waals surface area contributed by atoms with Gasteiger partial charge in [-0.15, -0.1) is 0 Å². The molecule has 0 heterocycles. The Morgan fingerprint density at radius 2 is 1.53 bits per heavy atom. The van der Waals surface area contributed by atoms with Crippen molar-refractivity contribution in [2.24, 2.45) is 0 Å². The Balaban J connectivity index is 2.44. The topological polar surface area (TPSA) is 77.8 Å². The number of rotatable bonds is 2. The molecule has 0 saturated heterocycles. The summed E-state index contributed by atoms with van der Waals surface area (Å²) in [6, 6.07) is 9.85. The molecular weight excluding hydrogens is 220 g/mol. The first kappa shape index (κ1) is 11.0. The van der Waals surface area contributed by atoms with Crippen molar-refractivity contribution in [1.82, 2.24) is 0 Å². The Kier molecular flexibility index (Phi) is 2.70. The molecule has 2 aromatic rings. The average molecular weight is 230 g/mol. The van der Waals surface area contributed by atoms with Crippen molar-refractivity contribution in [1.29, 1.82) is 0 Å². The van der Waals surface area contributed by atoms with Crippen LogP contribution in [0.4, 0.5) is 0 Å². The molecule has 0 fully saturated rings. The first-order chi connectivity index (χ1) is 8.09. The maximum absolute atomic E-state index is 12.0. The van der Waals surface area contributed by atoms with Gasteiger partial charge in [0.15, 0.2) is 17.3 Å². The van der Waals surface area contributed by atoms with E-state index in [9.17, 15) is 15.0 Å². The Hall–Kier alpha value is -2.49. The number of aromatic hydroxyl groups is 3. The quantitative estimate of drug-likeness (QED) is 0.545. The van der Waals surface area contributed by atoms with E-state index in [-0.39, 0.29) is 17.1 Å². The van der Waals surface area contributed by atoms with E-state index in [1.165, 1.54) is 42.5 Å². The first-order valence-corrected chi connectivity index (χ1v) is 4.94. The highest BCUT2D eigenvalue weighted by Crippen LogP contribution is 2.30. The second-order valence-electron chi connectivity index (χ2n) is 3.55. The van der Waals surface area contributed by atoms with Crippen molar-refractivity contribution in [3.63, 3.8) is 0 Å². The summed E-state index contributed by atoms with van der Waals surface area (Å²) in [6.07, 6.45) is 0. The summed E-state index contributed by atoms with van der Waals surface area (Å²) < 4.78 is 0. The zero-order chi connectivity index (χ0) is 12.4. The molecule has 86 valence electrons. The highest BCUT2D eigenvalue weighted by molar-refractivity contribution is 6.11. The lowest BCUT2D eigenvalue weighted by Gasteiger charge is -2.05. The van der Waals surface area contributed by atoms with E-state index in [2.05, 4.69) is 0 Å².